The van der Waals surface area contributed by atoms with E-state index in [1.54, 1.807) is 32.9 Å². The number of thioether (sulfide) groups is 1. The molecular weight excluding hydrogens is 564 g/mol. The SMILES string of the molecule is CCOC(=O)c1sc(NC(=O)CSc2nnc(C(C)Oc3ccc(Cl)c(C)c3)n2CC)c(C(=O)OCC)c1C. The summed E-state index contributed by atoms with van der Waals surface area (Å²) in [5, 5.41) is 12.7. The first-order valence-electron chi connectivity index (χ1n) is 12.4. The molecule has 39 heavy (non-hydrogen) atoms. The molecule has 210 valence electrons. The van der Waals surface area contributed by atoms with Crippen LogP contribution in [-0.4, -0.2) is 51.6 Å². The summed E-state index contributed by atoms with van der Waals surface area (Å²) in [7, 11) is 0. The zero-order valence-electron chi connectivity index (χ0n) is 22.6. The second-order valence-electron chi connectivity index (χ2n) is 8.29. The molecule has 0 radical (unpaired) electrons. The van der Waals surface area contributed by atoms with Gasteiger partial charge < -0.3 is 24.1 Å². The van der Waals surface area contributed by atoms with Crippen LogP contribution in [0.15, 0.2) is 23.4 Å². The van der Waals surface area contributed by atoms with E-state index in [9.17, 15) is 14.4 Å². The Morgan fingerprint density at radius 3 is 2.44 bits per heavy atom. The molecule has 1 aromatic carbocycles. The van der Waals surface area contributed by atoms with Crippen molar-refractivity contribution in [2.45, 2.75) is 59.3 Å². The highest BCUT2D eigenvalue weighted by Gasteiger charge is 2.27. The number of nitrogens with one attached hydrogen (secondary N) is 1. The molecule has 0 saturated carbocycles. The first kappa shape index (κ1) is 30.5. The Balaban J connectivity index is 1.73. The number of hydrogen-bond donors (Lipinski definition) is 1. The quantitative estimate of drug-likeness (QED) is 0.203. The second kappa shape index (κ2) is 13.8. The minimum atomic E-state index is -0.620. The van der Waals surface area contributed by atoms with Crippen LogP contribution in [0.2, 0.25) is 5.02 Å². The predicted molar refractivity (Wildman–Crippen MR) is 151 cm³/mol. The number of aryl methyl sites for hydroxylation is 1. The Hall–Kier alpha value is -3.09. The molecule has 0 aliphatic heterocycles. The molecule has 3 rings (SSSR count). The van der Waals surface area contributed by atoms with Gasteiger partial charge in [-0.05, 0) is 70.9 Å². The fraction of sp³-hybridized carbons (Fsp3) is 0.423. The maximum Gasteiger partial charge on any atom is 0.348 e. The molecule has 10 nitrogen and oxygen atoms in total. The molecule has 0 spiro atoms. The lowest BCUT2D eigenvalue weighted by molar-refractivity contribution is -0.113. The van der Waals surface area contributed by atoms with Gasteiger partial charge in [-0.1, -0.05) is 23.4 Å². The number of carbonyl (C=O) groups is 3. The molecule has 0 bridgehead atoms. The van der Waals surface area contributed by atoms with Crippen molar-refractivity contribution in [2.75, 3.05) is 24.3 Å². The van der Waals surface area contributed by atoms with Crippen LogP contribution < -0.4 is 10.1 Å². The zero-order valence-corrected chi connectivity index (χ0v) is 25.0. The molecule has 3 aromatic rings. The summed E-state index contributed by atoms with van der Waals surface area (Å²) in [5.74, 6) is -0.285. The molecule has 2 heterocycles. The van der Waals surface area contributed by atoms with E-state index in [0.717, 1.165) is 16.9 Å². The summed E-state index contributed by atoms with van der Waals surface area (Å²) in [6, 6.07) is 5.43. The van der Waals surface area contributed by atoms with Gasteiger partial charge in [0, 0.05) is 11.6 Å². The standard InChI is InChI=1S/C26H31ClN4O6S2/c1-7-31-22(16(6)37-17-10-11-18(27)14(4)12-17)29-30-26(31)38-13-19(32)28-23-20(24(33)35-8-2)15(5)21(39-23)25(34)36-9-3/h10-12,16H,7-9,13H2,1-6H3,(H,28,32). The van der Waals surface area contributed by atoms with Crippen molar-refractivity contribution in [1.29, 1.82) is 0 Å². The average molecular weight is 595 g/mol. The lowest BCUT2D eigenvalue weighted by Crippen LogP contribution is -2.17. The third kappa shape index (κ3) is 7.31. The molecule has 1 amide bonds. The van der Waals surface area contributed by atoms with Gasteiger partial charge in [0.2, 0.25) is 5.91 Å². The van der Waals surface area contributed by atoms with Crippen LogP contribution in [0.3, 0.4) is 0 Å². The summed E-state index contributed by atoms with van der Waals surface area (Å²) in [6.45, 7) is 11.6. The van der Waals surface area contributed by atoms with Gasteiger partial charge in [-0.3, -0.25) is 4.79 Å². The summed E-state index contributed by atoms with van der Waals surface area (Å²) in [6.07, 6.45) is -0.399. The molecule has 0 aliphatic rings. The predicted octanol–water partition coefficient (Wildman–Crippen LogP) is 5.85. The summed E-state index contributed by atoms with van der Waals surface area (Å²) < 4.78 is 18.2. The fourth-order valence-electron chi connectivity index (χ4n) is 3.69. The third-order valence-corrected chi connectivity index (χ3v) is 8.12. The van der Waals surface area contributed by atoms with Crippen LogP contribution in [-0.2, 0) is 20.8 Å². The number of esters is 2. The van der Waals surface area contributed by atoms with Crippen molar-refractivity contribution >= 4 is 57.5 Å². The van der Waals surface area contributed by atoms with Gasteiger partial charge >= 0.3 is 11.9 Å². The monoisotopic (exact) mass is 594 g/mol. The average Bonchev–Trinajstić information content (AvgIpc) is 3.45. The normalized spacial score (nSPS) is 11.7. The second-order valence-corrected chi connectivity index (χ2v) is 10.7. The Bertz CT molecular complexity index is 1360. The molecule has 1 atom stereocenters. The van der Waals surface area contributed by atoms with E-state index in [1.807, 2.05) is 31.4 Å². The Labute approximate surface area is 240 Å². The van der Waals surface area contributed by atoms with E-state index < -0.39 is 18.0 Å². The van der Waals surface area contributed by atoms with Gasteiger partial charge in [0.25, 0.3) is 0 Å². The van der Waals surface area contributed by atoms with Crippen molar-refractivity contribution < 1.29 is 28.6 Å². The van der Waals surface area contributed by atoms with Gasteiger partial charge in [-0.2, -0.15) is 0 Å². The highest BCUT2D eigenvalue weighted by atomic mass is 35.5. The van der Waals surface area contributed by atoms with E-state index in [2.05, 4.69) is 15.5 Å². The van der Waals surface area contributed by atoms with Gasteiger partial charge in [0.15, 0.2) is 17.1 Å². The molecule has 0 aliphatic carbocycles. The molecule has 13 heteroatoms. The number of anilines is 1. The molecular formula is C26H31ClN4O6S2. The minimum Gasteiger partial charge on any atom is -0.483 e. The van der Waals surface area contributed by atoms with Crippen molar-refractivity contribution in [2.24, 2.45) is 0 Å². The number of benzene rings is 1. The molecule has 0 fully saturated rings. The van der Waals surface area contributed by atoms with Crippen LogP contribution in [0.1, 0.15) is 70.8 Å². The first-order chi connectivity index (χ1) is 18.6. The number of amides is 1. The largest absolute Gasteiger partial charge is 0.483 e. The van der Waals surface area contributed by atoms with Crippen LogP contribution in [0.5, 0.6) is 5.75 Å². The molecule has 2 aromatic heterocycles. The van der Waals surface area contributed by atoms with Crippen molar-refractivity contribution in [3.63, 3.8) is 0 Å². The van der Waals surface area contributed by atoms with Crippen molar-refractivity contribution in [1.82, 2.24) is 14.8 Å². The van der Waals surface area contributed by atoms with Crippen LogP contribution in [0.25, 0.3) is 0 Å². The Morgan fingerprint density at radius 1 is 1.10 bits per heavy atom. The smallest absolute Gasteiger partial charge is 0.348 e. The van der Waals surface area contributed by atoms with Crippen molar-refractivity contribution in [3.05, 3.63) is 50.6 Å². The van der Waals surface area contributed by atoms with Crippen LogP contribution in [0, 0.1) is 13.8 Å². The minimum absolute atomic E-state index is 0.00228. The summed E-state index contributed by atoms with van der Waals surface area (Å²) in [4.78, 5) is 38.1. The highest BCUT2D eigenvalue weighted by Crippen LogP contribution is 2.35. The number of ether oxygens (including phenoxy) is 3. The molecule has 0 saturated heterocycles. The third-order valence-electron chi connectivity index (χ3n) is 5.54. The fourth-order valence-corrected chi connectivity index (χ4v) is 5.72. The van der Waals surface area contributed by atoms with E-state index in [4.69, 9.17) is 25.8 Å². The van der Waals surface area contributed by atoms with E-state index >= 15 is 0 Å². The Kier molecular flexibility index (Phi) is 10.8. The van der Waals surface area contributed by atoms with Crippen molar-refractivity contribution in [3.8, 4) is 5.75 Å². The lowest BCUT2D eigenvalue weighted by atomic mass is 10.1. The molecule has 1 unspecified atom stereocenters. The van der Waals surface area contributed by atoms with Gasteiger partial charge in [0.05, 0.1) is 24.5 Å². The van der Waals surface area contributed by atoms with Gasteiger partial charge in [-0.15, -0.1) is 21.5 Å². The maximum atomic E-state index is 12.9. The number of rotatable bonds is 12. The number of nitrogens with zero attached hydrogens (tertiary/aromatic N) is 3. The summed E-state index contributed by atoms with van der Waals surface area (Å²) in [5.41, 5.74) is 1.45. The zero-order chi connectivity index (χ0) is 28.7. The lowest BCUT2D eigenvalue weighted by Gasteiger charge is -2.16. The van der Waals surface area contributed by atoms with Crippen LogP contribution >= 0.6 is 34.7 Å². The maximum absolute atomic E-state index is 12.9. The van der Waals surface area contributed by atoms with E-state index in [0.29, 0.717) is 33.9 Å². The Morgan fingerprint density at radius 2 is 1.79 bits per heavy atom. The number of halogens is 1. The number of thiophene rings is 1. The summed E-state index contributed by atoms with van der Waals surface area (Å²) >= 11 is 8.29. The van der Waals surface area contributed by atoms with Gasteiger partial charge in [0.1, 0.15) is 15.6 Å². The highest BCUT2D eigenvalue weighted by molar-refractivity contribution is 7.99. The molecule has 1 N–H and O–H groups in total. The van der Waals surface area contributed by atoms with Crippen LogP contribution in [0.4, 0.5) is 5.00 Å². The van der Waals surface area contributed by atoms with Gasteiger partial charge in [-0.25, -0.2) is 9.59 Å². The van der Waals surface area contributed by atoms with E-state index in [-0.39, 0.29) is 40.3 Å². The van der Waals surface area contributed by atoms with E-state index in [1.165, 1.54) is 11.8 Å². The number of carbonyl (C=O) groups excluding carboxylic acids is 3. The topological polar surface area (TPSA) is 122 Å². The number of aromatic nitrogens is 3. The first-order valence-corrected chi connectivity index (χ1v) is 14.5. The number of hydrogen-bond acceptors (Lipinski definition) is 10.